The van der Waals surface area contributed by atoms with Crippen molar-refractivity contribution in [3.8, 4) is 11.3 Å². The third-order valence-electron chi connectivity index (χ3n) is 3.72. The lowest BCUT2D eigenvalue weighted by Crippen LogP contribution is -2.13. The van der Waals surface area contributed by atoms with Crippen LogP contribution < -0.4 is 10.5 Å². The van der Waals surface area contributed by atoms with Gasteiger partial charge in [-0.1, -0.05) is 35.9 Å². The molecule has 0 saturated heterocycles. The van der Waals surface area contributed by atoms with Gasteiger partial charge in [0.25, 0.3) is 0 Å². The molecule has 2 aromatic heterocycles. The van der Waals surface area contributed by atoms with E-state index in [2.05, 4.69) is 24.9 Å². The molecule has 0 amide bonds. The van der Waals surface area contributed by atoms with Crippen LogP contribution in [0.2, 0.25) is 5.02 Å². The van der Waals surface area contributed by atoms with Crippen molar-refractivity contribution in [2.75, 3.05) is 10.5 Å². The minimum absolute atomic E-state index is 0.320. The van der Waals surface area contributed by atoms with Gasteiger partial charge in [-0.2, -0.15) is 5.10 Å². The Morgan fingerprint density at radius 1 is 1.12 bits per heavy atom. The molecule has 7 nitrogen and oxygen atoms in total. The van der Waals surface area contributed by atoms with Crippen molar-refractivity contribution in [2.45, 2.75) is 4.90 Å². The summed E-state index contributed by atoms with van der Waals surface area (Å²) in [6.07, 6.45) is 1.64. The van der Waals surface area contributed by atoms with Crippen LogP contribution in [0.5, 0.6) is 0 Å². The Labute approximate surface area is 156 Å². The number of fused-ring (bicyclic) bond motifs is 1. The van der Waals surface area contributed by atoms with E-state index in [1.165, 1.54) is 0 Å². The fraction of sp³-hybridized carbons (Fsp3) is 0. The number of H-pyrrole nitrogens is 1. The molecule has 4 aromatic rings. The topological polar surface area (TPSA) is 116 Å². The van der Waals surface area contributed by atoms with Crippen LogP contribution >= 0.6 is 11.6 Å². The first-order valence-corrected chi connectivity index (χ1v) is 9.14. The van der Waals surface area contributed by atoms with Crippen LogP contribution in [0, 0.1) is 0 Å². The van der Waals surface area contributed by atoms with E-state index in [1.807, 2.05) is 24.3 Å². The first-order valence-electron chi connectivity index (χ1n) is 7.62. The van der Waals surface area contributed by atoms with Crippen LogP contribution in [0.15, 0.2) is 59.6 Å². The lowest BCUT2D eigenvalue weighted by molar-refractivity contribution is 0.600. The summed E-state index contributed by atoms with van der Waals surface area (Å²) in [6.45, 7) is 0. The standard InChI is InChI=1S/C17H13ClN6OS/c18-12-3-1-2-4-14(12)26(25)24-11-7-5-10(6-8-11)13-9-20-15-16(19)22-23-17(15)21-13/h1-9,24H,(H3,19,21,22,23). The van der Waals surface area contributed by atoms with Gasteiger partial charge in [0.05, 0.1) is 22.6 Å². The van der Waals surface area contributed by atoms with E-state index < -0.39 is 11.4 Å². The predicted octanol–water partition coefficient (Wildman–Crippen LogP) is 3.39. The molecule has 0 aliphatic rings. The number of aromatic amines is 1. The fourth-order valence-corrected chi connectivity index (χ4v) is 3.68. The summed E-state index contributed by atoms with van der Waals surface area (Å²) < 4.78 is 15.3. The first kappa shape index (κ1) is 16.6. The number of halogens is 1. The van der Waals surface area contributed by atoms with Crippen LogP contribution in [0.1, 0.15) is 0 Å². The van der Waals surface area contributed by atoms with Crippen LogP contribution in [0.4, 0.5) is 11.5 Å². The summed E-state index contributed by atoms with van der Waals surface area (Å²) in [4.78, 5) is 9.27. The second-order valence-corrected chi connectivity index (χ2v) is 7.03. The van der Waals surface area contributed by atoms with Gasteiger partial charge in [-0.15, -0.1) is 0 Å². The Bertz CT molecular complexity index is 1070. The van der Waals surface area contributed by atoms with Gasteiger partial charge in [0.1, 0.15) is 11.4 Å². The van der Waals surface area contributed by atoms with E-state index in [0.29, 0.717) is 38.3 Å². The highest BCUT2D eigenvalue weighted by molar-refractivity contribution is 7.92. The van der Waals surface area contributed by atoms with Crippen LogP contribution in [0.25, 0.3) is 22.4 Å². The number of anilines is 2. The van der Waals surface area contributed by atoms with Gasteiger partial charge in [0.15, 0.2) is 21.9 Å². The minimum atomic E-state index is -1.45. The average Bonchev–Trinajstić information content (AvgIpc) is 3.03. The highest BCUT2D eigenvalue weighted by atomic mass is 35.5. The van der Waals surface area contributed by atoms with Gasteiger partial charge >= 0.3 is 0 Å². The van der Waals surface area contributed by atoms with Crippen molar-refractivity contribution in [1.82, 2.24) is 20.2 Å². The van der Waals surface area contributed by atoms with Crippen molar-refractivity contribution >= 4 is 45.6 Å². The number of rotatable bonds is 4. The molecule has 26 heavy (non-hydrogen) atoms. The summed E-state index contributed by atoms with van der Waals surface area (Å²) in [5, 5.41) is 7.09. The molecule has 0 radical (unpaired) electrons. The molecule has 4 N–H and O–H groups in total. The zero-order valence-electron chi connectivity index (χ0n) is 13.3. The van der Waals surface area contributed by atoms with Crippen molar-refractivity contribution in [2.24, 2.45) is 0 Å². The lowest BCUT2D eigenvalue weighted by atomic mass is 10.1. The molecular formula is C17H13ClN6OS. The number of nitrogens with one attached hydrogen (secondary N) is 2. The van der Waals surface area contributed by atoms with Crippen LogP contribution in [-0.2, 0) is 11.4 Å². The molecule has 0 spiro atoms. The SMILES string of the molecule is Nc1n[nH]c2nc(-c3ccc(N[S+]([O-])c4ccccc4Cl)cc3)cnc12. The zero-order valence-corrected chi connectivity index (χ0v) is 14.9. The third-order valence-corrected chi connectivity index (χ3v) is 5.34. The van der Waals surface area contributed by atoms with E-state index in [4.69, 9.17) is 17.3 Å². The predicted molar refractivity (Wildman–Crippen MR) is 103 cm³/mol. The molecule has 1 unspecified atom stereocenters. The Hall–Kier alpha value is -2.81. The molecule has 0 aliphatic heterocycles. The Kier molecular flexibility index (Phi) is 4.37. The van der Waals surface area contributed by atoms with Gasteiger partial charge in [-0.05, 0) is 24.3 Å². The highest BCUT2D eigenvalue weighted by Crippen LogP contribution is 2.25. The molecule has 130 valence electrons. The van der Waals surface area contributed by atoms with Crippen LogP contribution in [-0.4, -0.2) is 24.7 Å². The maximum atomic E-state index is 12.4. The van der Waals surface area contributed by atoms with Gasteiger partial charge in [0, 0.05) is 5.56 Å². The Balaban J connectivity index is 1.55. The monoisotopic (exact) mass is 384 g/mol. The van der Waals surface area contributed by atoms with Crippen molar-refractivity contribution in [3.05, 3.63) is 59.8 Å². The molecular weight excluding hydrogens is 372 g/mol. The molecule has 1 atom stereocenters. The minimum Gasteiger partial charge on any atom is -0.588 e. The molecule has 0 bridgehead atoms. The highest BCUT2D eigenvalue weighted by Gasteiger charge is 2.15. The zero-order chi connectivity index (χ0) is 18.1. The molecule has 0 aliphatic carbocycles. The van der Waals surface area contributed by atoms with E-state index in [0.717, 1.165) is 5.56 Å². The Morgan fingerprint density at radius 3 is 2.65 bits per heavy atom. The third kappa shape index (κ3) is 3.17. The second kappa shape index (κ2) is 6.83. The number of nitrogen functional groups attached to an aromatic ring is 1. The molecule has 0 saturated carbocycles. The summed E-state index contributed by atoms with van der Waals surface area (Å²) in [5.74, 6) is 0.320. The van der Waals surface area contributed by atoms with Gasteiger partial charge < -0.3 is 10.3 Å². The number of benzene rings is 2. The number of hydrogen-bond acceptors (Lipinski definition) is 6. The van der Waals surface area contributed by atoms with E-state index >= 15 is 0 Å². The van der Waals surface area contributed by atoms with Gasteiger partial charge in [-0.3, -0.25) is 5.10 Å². The maximum Gasteiger partial charge on any atom is 0.198 e. The molecule has 9 heteroatoms. The van der Waals surface area contributed by atoms with E-state index in [9.17, 15) is 4.55 Å². The number of aromatic nitrogens is 4. The summed E-state index contributed by atoms with van der Waals surface area (Å²) in [6, 6.07) is 14.4. The van der Waals surface area contributed by atoms with E-state index in [1.54, 1.807) is 30.5 Å². The Morgan fingerprint density at radius 2 is 1.88 bits per heavy atom. The molecule has 2 heterocycles. The fourth-order valence-electron chi connectivity index (χ4n) is 2.43. The van der Waals surface area contributed by atoms with E-state index in [-0.39, 0.29) is 0 Å². The maximum absolute atomic E-state index is 12.4. The summed E-state index contributed by atoms with van der Waals surface area (Å²) >= 11 is 4.62. The molecule has 4 rings (SSSR count). The van der Waals surface area contributed by atoms with Gasteiger partial charge in [-0.25, -0.2) is 14.7 Å². The second-order valence-electron chi connectivity index (χ2n) is 5.44. The van der Waals surface area contributed by atoms with Crippen molar-refractivity contribution in [1.29, 1.82) is 0 Å². The first-order chi connectivity index (χ1) is 12.6. The molecule has 2 aromatic carbocycles. The summed E-state index contributed by atoms with van der Waals surface area (Å²) in [7, 11) is 0. The quantitative estimate of drug-likeness (QED) is 0.464. The van der Waals surface area contributed by atoms with Gasteiger partial charge in [0.2, 0.25) is 0 Å². The summed E-state index contributed by atoms with van der Waals surface area (Å²) in [5.41, 5.74) is 9.02. The average molecular weight is 385 g/mol. The normalized spacial score (nSPS) is 12.2. The number of nitrogens with two attached hydrogens (primary N) is 1. The lowest BCUT2D eigenvalue weighted by Gasteiger charge is -2.12. The van der Waals surface area contributed by atoms with Crippen molar-refractivity contribution < 1.29 is 4.55 Å². The number of hydrogen-bond donors (Lipinski definition) is 3. The molecule has 0 fully saturated rings. The smallest absolute Gasteiger partial charge is 0.198 e. The van der Waals surface area contributed by atoms with Crippen molar-refractivity contribution in [3.63, 3.8) is 0 Å². The van der Waals surface area contributed by atoms with Crippen LogP contribution in [0.3, 0.4) is 0 Å². The largest absolute Gasteiger partial charge is 0.588 e. The number of nitrogens with zero attached hydrogens (tertiary/aromatic N) is 3.